The Morgan fingerprint density at radius 2 is 2.33 bits per heavy atom. The number of hydrogen-bond donors (Lipinski definition) is 2. The largest absolute Gasteiger partial charge is 0.393 e. The van der Waals surface area contributed by atoms with Gasteiger partial charge >= 0.3 is 0 Å². The van der Waals surface area contributed by atoms with Crippen LogP contribution in [0.5, 0.6) is 0 Å². The SMILES string of the molecule is O=C(NC1CC(O)C1)c1ccnc(Br)c1. The quantitative estimate of drug-likeness (QED) is 0.792. The number of carbonyl (C=O) groups is 1. The summed E-state index contributed by atoms with van der Waals surface area (Å²) in [7, 11) is 0. The van der Waals surface area contributed by atoms with E-state index in [2.05, 4.69) is 26.2 Å². The molecule has 0 aromatic carbocycles. The molecule has 2 N–H and O–H groups in total. The van der Waals surface area contributed by atoms with Crippen LogP contribution in [0, 0.1) is 0 Å². The van der Waals surface area contributed by atoms with Crippen LogP contribution in [0.25, 0.3) is 0 Å². The summed E-state index contributed by atoms with van der Waals surface area (Å²) in [6.45, 7) is 0. The van der Waals surface area contributed by atoms with E-state index in [4.69, 9.17) is 5.11 Å². The Morgan fingerprint density at radius 1 is 1.60 bits per heavy atom. The number of halogens is 1. The fourth-order valence-electron chi connectivity index (χ4n) is 1.52. The van der Waals surface area contributed by atoms with E-state index in [1.54, 1.807) is 18.3 Å². The second-order valence-electron chi connectivity index (χ2n) is 3.66. The highest BCUT2D eigenvalue weighted by Crippen LogP contribution is 2.20. The highest BCUT2D eigenvalue weighted by Gasteiger charge is 2.28. The minimum absolute atomic E-state index is 0.111. The minimum Gasteiger partial charge on any atom is -0.393 e. The molecule has 0 bridgehead atoms. The smallest absolute Gasteiger partial charge is 0.251 e. The van der Waals surface area contributed by atoms with E-state index >= 15 is 0 Å². The lowest BCUT2D eigenvalue weighted by atomic mass is 9.89. The lowest BCUT2D eigenvalue weighted by Gasteiger charge is -2.31. The molecule has 1 saturated carbocycles. The first kappa shape index (κ1) is 10.6. The van der Waals surface area contributed by atoms with Crippen molar-refractivity contribution in [2.75, 3.05) is 0 Å². The van der Waals surface area contributed by atoms with Crippen molar-refractivity contribution in [3.8, 4) is 0 Å². The summed E-state index contributed by atoms with van der Waals surface area (Å²) in [5, 5.41) is 11.9. The van der Waals surface area contributed by atoms with E-state index in [1.807, 2.05) is 0 Å². The molecule has 1 aliphatic carbocycles. The highest BCUT2D eigenvalue weighted by molar-refractivity contribution is 9.10. The molecule has 0 aliphatic heterocycles. The molecule has 1 aromatic heterocycles. The summed E-state index contributed by atoms with van der Waals surface area (Å²) in [4.78, 5) is 15.6. The second-order valence-corrected chi connectivity index (χ2v) is 4.48. The lowest BCUT2D eigenvalue weighted by molar-refractivity contribution is 0.0562. The third-order valence-electron chi connectivity index (χ3n) is 2.44. The predicted octanol–water partition coefficient (Wildman–Crippen LogP) is 1.10. The van der Waals surface area contributed by atoms with Crippen LogP contribution < -0.4 is 5.32 Å². The van der Waals surface area contributed by atoms with Crippen LogP contribution in [-0.2, 0) is 0 Å². The van der Waals surface area contributed by atoms with E-state index < -0.39 is 0 Å². The van der Waals surface area contributed by atoms with Gasteiger partial charge in [0.05, 0.1) is 6.10 Å². The van der Waals surface area contributed by atoms with Gasteiger partial charge in [-0.3, -0.25) is 4.79 Å². The van der Waals surface area contributed by atoms with Crippen molar-refractivity contribution in [1.29, 1.82) is 0 Å². The van der Waals surface area contributed by atoms with Crippen molar-refractivity contribution in [2.24, 2.45) is 0 Å². The number of rotatable bonds is 2. The van der Waals surface area contributed by atoms with E-state index in [0.717, 1.165) is 0 Å². The van der Waals surface area contributed by atoms with Gasteiger partial charge in [-0.2, -0.15) is 0 Å². The Morgan fingerprint density at radius 3 is 2.93 bits per heavy atom. The molecule has 1 aliphatic rings. The molecule has 0 spiro atoms. The molecule has 1 aromatic rings. The first-order valence-corrected chi connectivity index (χ1v) is 5.55. The number of nitrogens with one attached hydrogen (secondary N) is 1. The van der Waals surface area contributed by atoms with Crippen LogP contribution in [-0.4, -0.2) is 28.1 Å². The normalized spacial score (nSPS) is 24.4. The van der Waals surface area contributed by atoms with Gasteiger partial charge in [-0.25, -0.2) is 4.98 Å². The first-order valence-electron chi connectivity index (χ1n) is 4.75. The Bertz CT molecular complexity index is 377. The predicted molar refractivity (Wildman–Crippen MR) is 58.4 cm³/mol. The van der Waals surface area contributed by atoms with Crippen molar-refractivity contribution in [3.63, 3.8) is 0 Å². The standard InChI is InChI=1S/C10H11BrN2O2/c11-9-3-6(1-2-12-9)10(15)13-7-4-8(14)5-7/h1-3,7-8,14H,4-5H2,(H,13,15). The van der Waals surface area contributed by atoms with Crippen LogP contribution in [0.3, 0.4) is 0 Å². The number of aliphatic hydroxyl groups is 1. The summed E-state index contributed by atoms with van der Waals surface area (Å²) >= 11 is 3.21. The number of hydrogen-bond acceptors (Lipinski definition) is 3. The van der Waals surface area contributed by atoms with Crippen molar-refractivity contribution in [1.82, 2.24) is 10.3 Å². The Labute approximate surface area is 95.8 Å². The van der Waals surface area contributed by atoms with Crippen molar-refractivity contribution >= 4 is 21.8 Å². The van der Waals surface area contributed by atoms with E-state index in [1.165, 1.54) is 0 Å². The van der Waals surface area contributed by atoms with Crippen LogP contribution >= 0.6 is 15.9 Å². The Kier molecular flexibility index (Phi) is 3.02. The second kappa shape index (κ2) is 4.28. The molecule has 1 amide bonds. The molecular weight excluding hydrogens is 260 g/mol. The van der Waals surface area contributed by atoms with Crippen molar-refractivity contribution in [2.45, 2.75) is 25.0 Å². The maximum atomic E-state index is 11.7. The van der Waals surface area contributed by atoms with Crippen LogP contribution in [0.2, 0.25) is 0 Å². The first-order chi connectivity index (χ1) is 7.15. The molecule has 80 valence electrons. The number of aromatic nitrogens is 1. The molecule has 1 fully saturated rings. The number of aliphatic hydroxyl groups excluding tert-OH is 1. The van der Waals surface area contributed by atoms with Gasteiger partial charge in [0.25, 0.3) is 5.91 Å². The summed E-state index contributed by atoms with van der Waals surface area (Å²) < 4.78 is 0.642. The van der Waals surface area contributed by atoms with E-state index in [-0.39, 0.29) is 18.1 Å². The summed E-state index contributed by atoms with van der Waals surface area (Å²) in [6.07, 6.45) is 2.63. The minimum atomic E-state index is -0.250. The van der Waals surface area contributed by atoms with Crippen LogP contribution in [0.1, 0.15) is 23.2 Å². The molecule has 0 radical (unpaired) electrons. The highest BCUT2D eigenvalue weighted by atomic mass is 79.9. The summed E-state index contributed by atoms with van der Waals surface area (Å²) in [5.41, 5.74) is 0.582. The van der Waals surface area contributed by atoms with Gasteiger partial charge in [0.15, 0.2) is 0 Å². The maximum Gasteiger partial charge on any atom is 0.251 e. The average Bonchev–Trinajstić information content (AvgIpc) is 2.15. The van der Waals surface area contributed by atoms with E-state index in [9.17, 15) is 4.79 Å². The fourth-order valence-corrected chi connectivity index (χ4v) is 1.88. The zero-order chi connectivity index (χ0) is 10.8. The number of nitrogens with zero attached hydrogens (tertiary/aromatic N) is 1. The van der Waals surface area contributed by atoms with Gasteiger partial charge in [-0.05, 0) is 40.9 Å². The van der Waals surface area contributed by atoms with Gasteiger partial charge in [0.2, 0.25) is 0 Å². The number of carbonyl (C=O) groups excluding carboxylic acids is 1. The summed E-state index contributed by atoms with van der Waals surface area (Å²) in [6, 6.07) is 3.44. The maximum absolute atomic E-state index is 11.7. The Balaban J connectivity index is 1.96. The van der Waals surface area contributed by atoms with Gasteiger partial charge in [0.1, 0.15) is 4.60 Å². The van der Waals surface area contributed by atoms with Gasteiger partial charge in [-0.15, -0.1) is 0 Å². The Hall–Kier alpha value is -0.940. The lowest BCUT2D eigenvalue weighted by Crippen LogP contribution is -2.46. The van der Waals surface area contributed by atoms with Gasteiger partial charge in [0, 0.05) is 17.8 Å². The monoisotopic (exact) mass is 270 g/mol. The zero-order valence-electron chi connectivity index (χ0n) is 7.98. The molecule has 2 rings (SSSR count). The number of pyridine rings is 1. The molecule has 5 heteroatoms. The molecular formula is C10H11BrN2O2. The van der Waals surface area contributed by atoms with E-state index in [0.29, 0.717) is 23.0 Å². The van der Waals surface area contributed by atoms with Gasteiger partial charge < -0.3 is 10.4 Å². The zero-order valence-corrected chi connectivity index (χ0v) is 9.57. The molecule has 1 heterocycles. The average molecular weight is 271 g/mol. The molecule has 0 saturated heterocycles. The van der Waals surface area contributed by atoms with Gasteiger partial charge in [-0.1, -0.05) is 0 Å². The van der Waals surface area contributed by atoms with Crippen LogP contribution in [0.4, 0.5) is 0 Å². The van der Waals surface area contributed by atoms with Crippen molar-refractivity contribution in [3.05, 3.63) is 28.5 Å². The fraction of sp³-hybridized carbons (Fsp3) is 0.400. The molecule has 4 nitrogen and oxygen atoms in total. The van der Waals surface area contributed by atoms with Crippen molar-refractivity contribution < 1.29 is 9.90 Å². The molecule has 0 unspecified atom stereocenters. The van der Waals surface area contributed by atoms with Crippen LogP contribution in [0.15, 0.2) is 22.9 Å². The third-order valence-corrected chi connectivity index (χ3v) is 2.87. The number of amides is 1. The molecule has 15 heavy (non-hydrogen) atoms. The third kappa shape index (κ3) is 2.54. The topological polar surface area (TPSA) is 62.2 Å². The summed E-state index contributed by atoms with van der Waals surface area (Å²) in [5.74, 6) is -0.116. The molecule has 0 atom stereocenters.